The standard InChI is InChI=1S/C12H17BrClNO3S/c1-3-15(7-8-18-4-2)19(16,17)12-6-5-10(13)9-11(12)14/h5-6,9H,3-4,7-8H2,1-2H3. The Balaban J connectivity index is 2.99. The molecule has 0 radical (unpaired) electrons. The lowest BCUT2D eigenvalue weighted by molar-refractivity contribution is 0.135. The minimum Gasteiger partial charge on any atom is -0.380 e. The molecular formula is C12H17BrClNO3S. The van der Waals surface area contributed by atoms with Crippen molar-refractivity contribution in [1.82, 2.24) is 4.31 Å². The first kappa shape index (κ1) is 16.9. The zero-order chi connectivity index (χ0) is 14.5. The van der Waals surface area contributed by atoms with Crippen LogP contribution in [0.3, 0.4) is 0 Å². The molecule has 0 N–H and O–H groups in total. The fourth-order valence-corrected chi connectivity index (χ4v) is 4.03. The number of halogens is 2. The van der Waals surface area contributed by atoms with Gasteiger partial charge in [0.25, 0.3) is 0 Å². The molecule has 0 heterocycles. The van der Waals surface area contributed by atoms with E-state index >= 15 is 0 Å². The number of benzene rings is 1. The third-order valence-corrected chi connectivity index (χ3v) is 5.50. The summed E-state index contributed by atoms with van der Waals surface area (Å²) < 4.78 is 32.2. The topological polar surface area (TPSA) is 46.6 Å². The van der Waals surface area contributed by atoms with Gasteiger partial charge in [-0.1, -0.05) is 34.5 Å². The first-order valence-corrected chi connectivity index (χ1v) is 8.57. The third kappa shape index (κ3) is 4.43. The van der Waals surface area contributed by atoms with E-state index in [2.05, 4.69) is 15.9 Å². The van der Waals surface area contributed by atoms with Gasteiger partial charge in [-0.2, -0.15) is 4.31 Å². The Bertz CT molecular complexity index is 522. The van der Waals surface area contributed by atoms with Crippen LogP contribution in [-0.4, -0.2) is 39.0 Å². The zero-order valence-electron chi connectivity index (χ0n) is 10.9. The van der Waals surface area contributed by atoms with Gasteiger partial charge in [-0.15, -0.1) is 0 Å². The molecule has 0 saturated carbocycles. The van der Waals surface area contributed by atoms with Gasteiger partial charge in [0.05, 0.1) is 11.6 Å². The highest BCUT2D eigenvalue weighted by Gasteiger charge is 2.25. The predicted molar refractivity (Wildman–Crippen MR) is 80.1 cm³/mol. The Kier molecular flexibility index (Phi) is 6.76. The van der Waals surface area contributed by atoms with Crippen molar-refractivity contribution < 1.29 is 13.2 Å². The lowest BCUT2D eigenvalue weighted by atomic mass is 10.4. The van der Waals surface area contributed by atoms with Crippen molar-refractivity contribution in [3.8, 4) is 0 Å². The second kappa shape index (κ2) is 7.59. The van der Waals surface area contributed by atoms with Crippen LogP contribution in [0.25, 0.3) is 0 Å². The molecule has 19 heavy (non-hydrogen) atoms. The Hall–Kier alpha value is -0.140. The predicted octanol–water partition coefficient (Wildman–Crippen LogP) is 3.15. The van der Waals surface area contributed by atoms with Gasteiger partial charge < -0.3 is 4.74 Å². The first-order valence-electron chi connectivity index (χ1n) is 5.96. The number of nitrogens with zero attached hydrogens (tertiary/aromatic N) is 1. The van der Waals surface area contributed by atoms with Crippen LogP contribution >= 0.6 is 27.5 Å². The van der Waals surface area contributed by atoms with Crippen LogP contribution in [0.5, 0.6) is 0 Å². The first-order chi connectivity index (χ1) is 8.93. The molecule has 0 aliphatic heterocycles. The molecule has 0 aliphatic rings. The van der Waals surface area contributed by atoms with Crippen LogP contribution < -0.4 is 0 Å². The Morgan fingerprint density at radius 2 is 2.05 bits per heavy atom. The number of sulfonamides is 1. The van der Waals surface area contributed by atoms with Gasteiger partial charge in [0.1, 0.15) is 4.90 Å². The van der Waals surface area contributed by atoms with E-state index in [0.717, 1.165) is 4.47 Å². The SMILES string of the molecule is CCOCCN(CC)S(=O)(=O)c1ccc(Br)cc1Cl. The average molecular weight is 371 g/mol. The summed E-state index contributed by atoms with van der Waals surface area (Å²) in [4.78, 5) is 0.121. The third-order valence-electron chi connectivity index (χ3n) is 2.55. The van der Waals surface area contributed by atoms with Crippen molar-refractivity contribution in [2.24, 2.45) is 0 Å². The van der Waals surface area contributed by atoms with Crippen LogP contribution in [0.4, 0.5) is 0 Å². The average Bonchev–Trinajstić information content (AvgIpc) is 2.33. The van der Waals surface area contributed by atoms with Crippen LogP contribution in [0, 0.1) is 0 Å². The molecule has 0 spiro atoms. The van der Waals surface area contributed by atoms with Crippen molar-refractivity contribution in [2.45, 2.75) is 18.7 Å². The number of likely N-dealkylation sites (N-methyl/N-ethyl adjacent to an activating group) is 1. The van der Waals surface area contributed by atoms with Gasteiger partial charge in [0.15, 0.2) is 0 Å². The smallest absolute Gasteiger partial charge is 0.244 e. The zero-order valence-corrected chi connectivity index (χ0v) is 14.1. The molecule has 0 bridgehead atoms. The van der Waals surface area contributed by atoms with Crippen molar-refractivity contribution >= 4 is 37.6 Å². The van der Waals surface area contributed by atoms with E-state index in [1.54, 1.807) is 19.1 Å². The quantitative estimate of drug-likeness (QED) is 0.693. The fraction of sp³-hybridized carbons (Fsp3) is 0.500. The minimum absolute atomic E-state index is 0.121. The molecule has 0 aromatic heterocycles. The number of hydrogen-bond donors (Lipinski definition) is 0. The van der Waals surface area contributed by atoms with E-state index < -0.39 is 10.0 Å². The van der Waals surface area contributed by atoms with Crippen molar-refractivity contribution in [3.63, 3.8) is 0 Å². The lowest BCUT2D eigenvalue weighted by Crippen LogP contribution is -2.34. The summed E-state index contributed by atoms with van der Waals surface area (Å²) in [5.74, 6) is 0. The lowest BCUT2D eigenvalue weighted by Gasteiger charge is -2.21. The molecule has 0 fully saturated rings. The summed E-state index contributed by atoms with van der Waals surface area (Å²) in [6, 6.07) is 4.74. The summed E-state index contributed by atoms with van der Waals surface area (Å²) in [5, 5.41) is 0.212. The molecule has 0 atom stereocenters. The Labute approximate surface area is 127 Å². The van der Waals surface area contributed by atoms with E-state index in [-0.39, 0.29) is 9.92 Å². The van der Waals surface area contributed by atoms with Crippen molar-refractivity contribution in [2.75, 3.05) is 26.3 Å². The minimum atomic E-state index is -3.58. The molecular weight excluding hydrogens is 354 g/mol. The van der Waals surface area contributed by atoms with Crippen LogP contribution in [0.2, 0.25) is 5.02 Å². The van der Waals surface area contributed by atoms with Crippen molar-refractivity contribution in [1.29, 1.82) is 0 Å². The Morgan fingerprint density at radius 3 is 2.58 bits per heavy atom. The maximum Gasteiger partial charge on any atom is 0.244 e. The van der Waals surface area contributed by atoms with Gasteiger partial charge in [-0.05, 0) is 25.1 Å². The van der Waals surface area contributed by atoms with E-state index in [9.17, 15) is 8.42 Å². The Morgan fingerprint density at radius 1 is 1.37 bits per heavy atom. The maximum absolute atomic E-state index is 12.5. The number of hydrogen-bond acceptors (Lipinski definition) is 3. The summed E-state index contributed by atoms with van der Waals surface area (Å²) in [6.45, 7) is 5.29. The molecule has 7 heteroatoms. The van der Waals surface area contributed by atoms with Gasteiger partial charge in [0.2, 0.25) is 10.0 Å². The second-order valence-corrected chi connectivity index (χ2v) is 7.00. The summed E-state index contributed by atoms with van der Waals surface area (Å²) >= 11 is 9.26. The summed E-state index contributed by atoms with van der Waals surface area (Å²) in [6.07, 6.45) is 0. The highest BCUT2D eigenvalue weighted by atomic mass is 79.9. The summed E-state index contributed by atoms with van der Waals surface area (Å²) in [7, 11) is -3.58. The maximum atomic E-state index is 12.5. The summed E-state index contributed by atoms with van der Waals surface area (Å²) in [5.41, 5.74) is 0. The van der Waals surface area contributed by atoms with Crippen LogP contribution in [0.15, 0.2) is 27.6 Å². The molecule has 0 unspecified atom stereocenters. The molecule has 0 saturated heterocycles. The monoisotopic (exact) mass is 369 g/mol. The molecule has 1 aromatic carbocycles. The highest BCUT2D eigenvalue weighted by Crippen LogP contribution is 2.27. The molecule has 1 aromatic rings. The normalized spacial score (nSPS) is 12.1. The number of rotatable bonds is 7. The van der Waals surface area contributed by atoms with E-state index in [1.165, 1.54) is 10.4 Å². The van der Waals surface area contributed by atoms with E-state index in [0.29, 0.717) is 26.3 Å². The number of ether oxygens (including phenoxy) is 1. The van der Waals surface area contributed by atoms with Crippen LogP contribution in [-0.2, 0) is 14.8 Å². The van der Waals surface area contributed by atoms with E-state index in [4.69, 9.17) is 16.3 Å². The van der Waals surface area contributed by atoms with Crippen LogP contribution in [0.1, 0.15) is 13.8 Å². The molecule has 108 valence electrons. The molecule has 1 rings (SSSR count). The largest absolute Gasteiger partial charge is 0.380 e. The van der Waals surface area contributed by atoms with E-state index in [1.807, 2.05) is 6.92 Å². The molecule has 0 amide bonds. The van der Waals surface area contributed by atoms with Gasteiger partial charge in [-0.25, -0.2) is 8.42 Å². The fourth-order valence-electron chi connectivity index (χ4n) is 1.58. The second-order valence-electron chi connectivity index (χ2n) is 3.77. The molecule has 0 aliphatic carbocycles. The van der Waals surface area contributed by atoms with Gasteiger partial charge >= 0.3 is 0 Å². The molecule has 4 nitrogen and oxygen atoms in total. The van der Waals surface area contributed by atoms with Crippen molar-refractivity contribution in [3.05, 3.63) is 27.7 Å². The van der Waals surface area contributed by atoms with Gasteiger partial charge in [-0.3, -0.25) is 0 Å². The highest BCUT2D eigenvalue weighted by molar-refractivity contribution is 9.10. The van der Waals surface area contributed by atoms with Gasteiger partial charge in [0, 0.05) is 24.2 Å².